The van der Waals surface area contributed by atoms with E-state index in [-0.39, 0.29) is 10.5 Å². The number of benzene rings is 1. The van der Waals surface area contributed by atoms with E-state index in [1.807, 2.05) is 0 Å². The van der Waals surface area contributed by atoms with Gasteiger partial charge in [-0.05, 0) is 18.2 Å². The van der Waals surface area contributed by atoms with Gasteiger partial charge >= 0.3 is 0 Å². The minimum Gasteiger partial charge on any atom is -0.225 e. The maximum atomic E-state index is 13.4. The third kappa shape index (κ3) is 3.49. The fourth-order valence-electron chi connectivity index (χ4n) is 0.979. The highest BCUT2D eigenvalue weighted by molar-refractivity contribution is 7.89. The van der Waals surface area contributed by atoms with Crippen LogP contribution in [-0.2, 0) is 10.0 Å². The summed E-state index contributed by atoms with van der Waals surface area (Å²) in [6, 6.07) is 3.33. The molecule has 0 fully saturated rings. The second-order valence-electron chi connectivity index (χ2n) is 2.93. The Balaban J connectivity index is 3.07. The lowest BCUT2D eigenvalue weighted by atomic mass is 10.2. The molecule has 3 nitrogen and oxygen atoms in total. The topological polar surface area (TPSA) is 60.2 Å². The molecular weight excluding hydrogens is 253 g/mol. The van der Waals surface area contributed by atoms with Crippen molar-refractivity contribution >= 4 is 21.6 Å². The monoisotopic (exact) mass is 261 g/mol. The first-order valence-corrected chi connectivity index (χ1v) is 6.40. The molecule has 0 aliphatic heterocycles. The third-order valence-corrected chi connectivity index (χ3v) is 2.81. The van der Waals surface area contributed by atoms with E-state index < -0.39 is 15.8 Å². The average molecular weight is 262 g/mol. The average Bonchev–Trinajstić information content (AvgIpc) is 2.19. The highest BCUT2D eigenvalue weighted by Crippen LogP contribution is 2.12. The van der Waals surface area contributed by atoms with Crippen molar-refractivity contribution in [2.75, 3.05) is 5.88 Å². The lowest BCUT2D eigenvalue weighted by molar-refractivity contribution is 0.591. The van der Waals surface area contributed by atoms with Crippen molar-refractivity contribution in [1.82, 2.24) is 0 Å². The molecule has 1 aromatic rings. The Morgan fingerprint density at radius 2 is 2.12 bits per heavy atom. The maximum absolute atomic E-state index is 13.4. The van der Waals surface area contributed by atoms with Gasteiger partial charge < -0.3 is 0 Å². The molecule has 0 amide bonds. The second-order valence-corrected chi connectivity index (χ2v) is 4.87. The molecule has 0 aliphatic rings. The summed E-state index contributed by atoms with van der Waals surface area (Å²) >= 11 is 5.40. The van der Waals surface area contributed by atoms with Crippen LogP contribution in [0.25, 0.3) is 0 Å². The standard InChI is InChI=1S/C10H9ClFNO2S/c11-6-2-1-3-8-4-5-9(7-10(8)12)16(13,14)15/h4-5,7H,2,6H2,(H2,13,14,15). The molecule has 0 aromatic heterocycles. The molecule has 0 saturated heterocycles. The van der Waals surface area contributed by atoms with Gasteiger partial charge in [0.15, 0.2) is 0 Å². The Hall–Kier alpha value is -1.09. The zero-order chi connectivity index (χ0) is 12.2. The van der Waals surface area contributed by atoms with Crippen LogP contribution >= 0.6 is 11.6 Å². The number of primary sulfonamides is 1. The van der Waals surface area contributed by atoms with Crippen molar-refractivity contribution in [3.8, 4) is 11.8 Å². The SMILES string of the molecule is NS(=O)(=O)c1ccc(C#CCCCl)c(F)c1. The van der Waals surface area contributed by atoms with Crippen LogP contribution in [0.4, 0.5) is 4.39 Å². The quantitative estimate of drug-likeness (QED) is 0.647. The number of alkyl halides is 1. The fraction of sp³-hybridized carbons (Fsp3) is 0.200. The zero-order valence-electron chi connectivity index (χ0n) is 8.20. The lowest BCUT2D eigenvalue weighted by Crippen LogP contribution is -2.12. The first-order valence-electron chi connectivity index (χ1n) is 4.32. The number of nitrogens with two attached hydrogens (primary N) is 1. The highest BCUT2D eigenvalue weighted by Gasteiger charge is 2.10. The van der Waals surface area contributed by atoms with Gasteiger partial charge in [0.25, 0.3) is 0 Å². The minimum atomic E-state index is -3.88. The van der Waals surface area contributed by atoms with E-state index in [1.54, 1.807) is 0 Å². The van der Waals surface area contributed by atoms with Gasteiger partial charge in [-0.15, -0.1) is 11.6 Å². The Labute approximate surface area is 98.5 Å². The Morgan fingerprint density at radius 3 is 2.62 bits per heavy atom. The molecule has 0 saturated carbocycles. The van der Waals surface area contributed by atoms with Crippen molar-refractivity contribution in [2.24, 2.45) is 5.14 Å². The molecule has 0 bridgehead atoms. The van der Waals surface area contributed by atoms with Crippen LogP contribution < -0.4 is 5.14 Å². The van der Waals surface area contributed by atoms with Gasteiger partial charge in [0.1, 0.15) is 5.82 Å². The van der Waals surface area contributed by atoms with Gasteiger partial charge in [-0.2, -0.15) is 0 Å². The van der Waals surface area contributed by atoms with Crippen molar-refractivity contribution in [2.45, 2.75) is 11.3 Å². The number of hydrogen-bond donors (Lipinski definition) is 1. The molecule has 6 heteroatoms. The largest absolute Gasteiger partial charge is 0.238 e. The molecule has 0 radical (unpaired) electrons. The van der Waals surface area contributed by atoms with Crippen LogP contribution in [0.5, 0.6) is 0 Å². The van der Waals surface area contributed by atoms with E-state index in [9.17, 15) is 12.8 Å². The number of sulfonamides is 1. The van der Waals surface area contributed by atoms with Crippen molar-refractivity contribution in [3.05, 3.63) is 29.6 Å². The Bertz CT molecular complexity index is 546. The fourth-order valence-corrected chi connectivity index (χ4v) is 1.60. The minimum absolute atomic E-state index is 0.123. The summed E-state index contributed by atoms with van der Waals surface area (Å²) in [5.41, 5.74) is 0.123. The van der Waals surface area contributed by atoms with Crippen LogP contribution in [0.3, 0.4) is 0 Å². The van der Waals surface area contributed by atoms with E-state index in [4.69, 9.17) is 16.7 Å². The Kier molecular flexibility index (Phi) is 4.30. The summed E-state index contributed by atoms with van der Waals surface area (Å²) in [5, 5.41) is 4.85. The summed E-state index contributed by atoms with van der Waals surface area (Å²) in [6.07, 6.45) is 0.442. The van der Waals surface area contributed by atoms with E-state index in [2.05, 4.69) is 11.8 Å². The molecule has 0 aliphatic carbocycles. The van der Waals surface area contributed by atoms with E-state index in [1.165, 1.54) is 12.1 Å². The predicted octanol–water partition coefficient (Wildman–Crippen LogP) is 1.45. The van der Waals surface area contributed by atoms with Crippen LogP contribution in [0.15, 0.2) is 23.1 Å². The number of hydrogen-bond acceptors (Lipinski definition) is 2. The molecule has 0 spiro atoms. The predicted molar refractivity (Wildman–Crippen MR) is 60.0 cm³/mol. The molecule has 0 unspecified atom stereocenters. The summed E-state index contributed by atoms with van der Waals surface area (Å²) in [5.74, 6) is 4.85. The number of halogens is 2. The highest BCUT2D eigenvalue weighted by atomic mass is 35.5. The molecule has 2 N–H and O–H groups in total. The van der Waals surface area contributed by atoms with Crippen molar-refractivity contribution < 1.29 is 12.8 Å². The van der Waals surface area contributed by atoms with Gasteiger partial charge in [-0.3, -0.25) is 0 Å². The van der Waals surface area contributed by atoms with Gasteiger partial charge in [0, 0.05) is 12.3 Å². The molecule has 1 rings (SSSR count). The second kappa shape index (κ2) is 5.30. The van der Waals surface area contributed by atoms with E-state index in [0.717, 1.165) is 6.07 Å². The molecule has 16 heavy (non-hydrogen) atoms. The third-order valence-electron chi connectivity index (χ3n) is 1.71. The van der Waals surface area contributed by atoms with E-state index in [0.29, 0.717) is 12.3 Å². The van der Waals surface area contributed by atoms with Gasteiger partial charge in [-0.25, -0.2) is 17.9 Å². The van der Waals surface area contributed by atoms with E-state index >= 15 is 0 Å². The summed E-state index contributed by atoms with van der Waals surface area (Å²) in [6.45, 7) is 0. The molecular formula is C10H9ClFNO2S. The molecule has 0 atom stereocenters. The summed E-state index contributed by atoms with van der Waals surface area (Å²) in [7, 11) is -3.88. The first-order chi connectivity index (χ1) is 7.45. The molecule has 86 valence electrons. The maximum Gasteiger partial charge on any atom is 0.238 e. The van der Waals surface area contributed by atoms with Crippen LogP contribution in [-0.4, -0.2) is 14.3 Å². The normalized spacial score (nSPS) is 10.7. The van der Waals surface area contributed by atoms with Gasteiger partial charge in [0.05, 0.1) is 10.5 Å². The summed E-state index contributed by atoms with van der Waals surface area (Å²) in [4.78, 5) is -0.270. The van der Waals surface area contributed by atoms with Crippen LogP contribution in [0.2, 0.25) is 0 Å². The summed E-state index contributed by atoms with van der Waals surface area (Å²) < 4.78 is 35.2. The zero-order valence-corrected chi connectivity index (χ0v) is 9.78. The Morgan fingerprint density at radius 1 is 1.44 bits per heavy atom. The smallest absolute Gasteiger partial charge is 0.225 e. The molecule has 0 heterocycles. The van der Waals surface area contributed by atoms with Gasteiger partial charge in [0.2, 0.25) is 10.0 Å². The van der Waals surface area contributed by atoms with Crippen LogP contribution in [0.1, 0.15) is 12.0 Å². The first kappa shape index (κ1) is 13.0. The lowest BCUT2D eigenvalue weighted by Gasteiger charge is -1.99. The van der Waals surface area contributed by atoms with Gasteiger partial charge in [-0.1, -0.05) is 11.8 Å². The van der Waals surface area contributed by atoms with Crippen molar-refractivity contribution in [1.29, 1.82) is 0 Å². The number of rotatable bonds is 2. The van der Waals surface area contributed by atoms with Crippen molar-refractivity contribution in [3.63, 3.8) is 0 Å². The molecule has 1 aromatic carbocycles. The van der Waals surface area contributed by atoms with Crippen LogP contribution in [0, 0.1) is 17.7 Å².